The van der Waals surface area contributed by atoms with Gasteiger partial charge in [0.15, 0.2) is 0 Å². The first-order valence-corrected chi connectivity index (χ1v) is 6.20. The van der Waals surface area contributed by atoms with Crippen LogP contribution in [0.3, 0.4) is 0 Å². The standard InChI is InChI=1S/C14H19NO3/c1-11(12-6-4-3-5-7-12)15-8-9-18-10-13(15)14(16)17-2/h3-7,11,13H,8-10H2,1-2H3. The Morgan fingerprint density at radius 3 is 2.83 bits per heavy atom. The minimum absolute atomic E-state index is 0.180. The molecule has 0 amide bonds. The second-order valence-electron chi connectivity index (χ2n) is 4.44. The van der Waals surface area contributed by atoms with Crippen molar-refractivity contribution >= 4 is 5.97 Å². The maximum atomic E-state index is 11.8. The third kappa shape index (κ3) is 2.71. The summed E-state index contributed by atoms with van der Waals surface area (Å²) in [5, 5.41) is 0. The van der Waals surface area contributed by atoms with Crippen LogP contribution in [0.5, 0.6) is 0 Å². The van der Waals surface area contributed by atoms with Crippen molar-refractivity contribution in [1.82, 2.24) is 4.90 Å². The number of esters is 1. The molecule has 0 aliphatic carbocycles. The Morgan fingerprint density at radius 2 is 2.17 bits per heavy atom. The van der Waals surface area contributed by atoms with Crippen LogP contribution < -0.4 is 0 Å². The number of methoxy groups -OCH3 is 1. The molecular weight excluding hydrogens is 230 g/mol. The number of rotatable bonds is 3. The molecule has 2 rings (SSSR count). The zero-order valence-electron chi connectivity index (χ0n) is 10.8. The van der Waals surface area contributed by atoms with Crippen molar-refractivity contribution in [2.75, 3.05) is 26.9 Å². The van der Waals surface area contributed by atoms with Gasteiger partial charge in [0.05, 0.1) is 20.3 Å². The van der Waals surface area contributed by atoms with Gasteiger partial charge in [0, 0.05) is 12.6 Å². The number of nitrogens with zero attached hydrogens (tertiary/aromatic N) is 1. The summed E-state index contributed by atoms with van der Waals surface area (Å²) in [6.45, 7) is 3.92. The monoisotopic (exact) mass is 249 g/mol. The molecule has 0 radical (unpaired) electrons. The molecule has 18 heavy (non-hydrogen) atoms. The van der Waals surface area contributed by atoms with E-state index in [1.165, 1.54) is 12.7 Å². The Morgan fingerprint density at radius 1 is 1.44 bits per heavy atom. The van der Waals surface area contributed by atoms with E-state index < -0.39 is 0 Å². The third-order valence-electron chi connectivity index (χ3n) is 3.42. The third-order valence-corrected chi connectivity index (χ3v) is 3.42. The molecule has 0 N–H and O–H groups in total. The van der Waals surface area contributed by atoms with E-state index in [1.54, 1.807) is 0 Å². The van der Waals surface area contributed by atoms with Crippen LogP contribution in [0.4, 0.5) is 0 Å². The van der Waals surface area contributed by atoms with Crippen LogP contribution in [0.25, 0.3) is 0 Å². The molecule has 1 aromatic carbocycles. The molecule has 4 heteroatoms. The Balaban J connectivity index is 2.16. The van der Waals surface area contributed by atoms with Gasteiger partial charge in [-0.3, -0.25) is 9.69 Å². The largest absolute Gasteiger partial charge is 0.468 e. The Kier molecular flexibility index (Phi) is 4.33. The first-order valence-electron chi connectivity index (χ1n) is 6.20. The molecule has 2 unspecified atom stereocenters. The molecule has 98 valence electrons. The summed E-state index contributed by atoms with van der Waals surface area (Å²) in [5.74, 6) is -0.225. The van der Waals surface area contributed by atoms with E-state index in [0.717, 1.165) is 6.54 Å². The number of carbonyl (C=O) groups excluding carboxylic acids is 1. The molecule has 4 nitrogen and oxygen atoms in total. The predicted molar refractivity (Wildman–Crippen MR) is 68.2 cm³/mol. The molecule has 0 bridgehead atoms. The lowest BCUT2D eigenvalue weighted by Gasteiger charge is -2.38. The van der Waals surface area contributed by atoms with Gasteiger partial charge >= 0.3 is 5.97 Å². The smallest absolute Gasteiger partial charge is 0.325 e. The van der Waals surface area contributed by atoms with Crippen molar-refractivity contribution in [2.45, 2.75) is 19.0 Å². The Hall–Kier alpha value is -1.39. The van der Waals surface area contributed by atoms with Gasteiger partial charge in [-0.05, 0) is 12.5 Å². The van der Waals surface area contributed by atoms with Crippen molar-refractivity contribution < 1.29 is 14.3 Å². The minimum atomic E-state index is -0.307. The van der Waals surface area contributed by atoms with Crippen LogP contribution >= 0.6 is 0 Å². The van der Waals surface area contributed by atoms with Crippen LogP contribution in [0, 0.1) is 0 Å². The first kappa shape index (κ1) is 13.1. The molecule has 2 atom stereocenters. The van der Waals surface area contributed by atoms with Crippen LogP contribution in [0.2, 0.25) is 0 Å². The summed E-state index contributed by atoms with van der Waals surface area (Å²) in [7, 11) is 1.42. The van der Waals surface area contributed by atoms with Gasteiger partial charge in [-0.2, -0.15) is 0 Å². The molecule has 1 fully saturated rings. The van der Waals surface area contributed by atoms with Crippen LogP contribution in [-0.4, -0.2) is 43.8 Å². The van der Waals surface area contributed by atoms with Gasteiger partial charge < -0.3 is 9.47 Å². The van der Waals surface area contributed by atoms with Gasteiger partial charge in [0.25, 0.3) is 0 Å². The van der Waals surface area contributed by atoms with E-state index in [1.807, 2.05) is 18.2 Å². The summed E-state index contributed by atoms with van der Waals surface area (Å²) < 4.78 is 10.2. The lowest BCUT2D eigenvalue weighted by molar-refractivity contribution is -0.155. The van der Waals surface area contributed by atoms with Crippen molar-refractivity contribution in [3.63, 3.8) is 0 Å². The Labute approximate surface area is 107 Å². The summed E-state index contributed by atoms with van der Waals surface area (Å²) in [6.07, 6.45) is 0. The molecule has 1 heterocycles. The van der Waals surface area contributed by atoms with E-state index in [2.05, 4.69) is 24.0 Å². The van der Waals surface area contributed by atoms with Crippen molar-refractivity contribution in [3.8, 4) is 0 Å². The molecular formula is C14H19NO3. The normalized spacial score (nSPS) is 22.4. The van der Waals surface area contributed by atoms with Gasteiger partial charge in [0.1, 0.15) is 6.04 Å². The average Bonchev–Trinajstić information content (AvgIpc) is 2.46. The van der Waals surface area contributed by atoms with Crippen molar-refractivity contribution in [2.24, 2.45) is 0 Å². The summed E-state index contributed by atoms with van der Waals surface area (Å²) in [5.41, 5.74) is 1.20. The maximum absolute atomic E-state index is 11.8. The van der Waals surface area contributed by atoms with Gasteiger partial charge in [-0.15, -0.1) is 0 Å². The first-order chi connectivity index (χ1) is 8.74. The molecule has 1 saturated heterocycles. The predicted octanol–water partition coefficient (Wildman–Crippen LogP) is 1.62. The number of carbonyl (C=O) groups is 1. The molecule has 1 aliphatic rings. The van der Waals surface area contributed by atoms with E-state index in [9.17, 15) is 4.79 Å². The van der Waals surface area contributed by atoms with Crippen LogP contribution in [-0.2, 0) is 14.3 Å². The van der Waals surface area contributed by atoms with Gasteiger partial charge in [0.2, 0.25) is 0 Å². The fourth-order valence-corrected chi connectivity index (χ4v) is 2.34. The quantitative estimate of drug-likeness (QED) is 0.763. The fraction of sp³-hybridized carbons (Fsp3) is 0.500. The highest BCUT2D eigenvalue weighted by Crippen LogP contribution is 2.24. The van der Waals surface area contributed by atoms with Gasteiger partial charge in [-0.25, -0.2) is 0 Å². The Bertz CT molecular complexity index is 393. The summed E-state index contributed by atoms with van der Waals surface area (Å²) >= 11 is 0. The number of hydrogen-bond donors (Lipinski definition) is 0. The second kappa shape index (κ2) is 5.98. The lowest BCUT2D eigenvalue weighted by atomic mass is 10.0. The average molecular weight is 249 g/mol. The van der Waals surface area contributed by atoms with E-state index in [0.29, 0.717) is 13.2 Å². The van der Waals surface area contributed by atoms with Crippen molar-refractivity contribution in [3.05, 3.63) is 35.9 Å². The SMILES string of the molecule is COC(=O)C1COCCN1C(C)c1ccccc1. The minimum Gasteiger partial charge on any atom is -0.468 e. The van der Waals surface area contributed by atoms with Crippen molar-refractivity contribution in [1.29, 1.82) is 0 Å². The zero-order chi connectivity index (χ0) is 13.0. The topological polar surface area (TPSA) is 38.8 Å². The maximum Gasteiger partial charge on any atom is 0.325 e. The number of ether oxygens (including phenoxy) is 2. The molecule has 0 saturated carbocycles. The number of morpholine rings is 1. The number of benzene rings is 1. The van der Waals surface area contributed by atoms with Gasteiger partial charge in [-0.1, -0.05) is 30.3 Å². The summed E-state index contributed by atoms with van der Waals surface area (Å²) in [6, 6.07) is 10.0. The lowest BCUT2D eigenvalue weighted by Crippen LogP contribution is -2.51. The second-order valence-corrected chi connectivity index (χ2v) is 4.44. The van der Waals surface area contributed by atoms with E-state index in [-0.39, 0.29) is 18.1 Å². The fourth-order valence-electron chi connectivity index (χ4n) is 2.34. The van der Waals surface area contributed by atoms with Crippen LogP contribution in [0.15, 0.2) is 30.3 Å². The molecule has 0 spiro atoms. The van der Waals surface area contributed by atoms with E-state index >= 15 is 0 Å². The highest BCUT2D eigenvalue weighted by molar-refractivity contribution is 5.76. The van der Waals surface area contributed by atoms with Crippen LogP contribution in [0.1, 0.15) is 18.5 Å². The summed E-state index contributed by atoms with van der Waals surface area (Å²) in [4.78, 5) is 13.9. The van der Waals surface area contributed by atoms with E-state index in [4.69, 9.17) is 9.47 Å². The zero-order valence-corrected chi connectivity index (χ0v) is 10.8. The number of hydrogen-bond acceptors (Lipinski definition) is 4. The highest BCUT2D eigenvalue weighted by Gasteiger charge is 2.33. The molecule has 1 aliphatic heterocycles. The molecule has 1 aromatic rings. The molecule has 0 aromatic heterocycles. The highest BCUT2D eigenvalue weighted by atomic mass is 16.5.